The summed E-state index contributed by atoms with van der Waals surface area (Å²) < 4.78 is 42.0. The van der Waals surface area contributed by atoms with Crippen LogP contribution in [0.3, 0.4) is 0 Å². The average molecular weight is 535 g/mol. The van der Waals surface area contributed by atoms with Gasteiger partial charge in [-0.1, -0.05) is 6.07 Å². The van der Waals surface area contributed by atoms with Gasteiger partial charge in [0.15, 0.2) is 0 Å². The minimum absolute atomic E-state index is 0.0442. The molecule has 2 aliphatic rings. The number of carbonyl (C=O) groups is 1. The smallest absolute Gasteiger partial charge is 0.339 e. The Morgan fingerprint density at radius 1 is 1.05 bits per heavy atom. The molecule has 0 bridgehead atoms. The number of anilines is 1. The Bertz CT molecular complexity index is 1770. The number of fused-ring (bicyclic) bond motifs is 5. The van der Waals surface area contributed by atoms with Crippen LogP contribution in [0.2, 0.25) is 0 Å². The lowest BCUT2D eigenvalue weighted by Gasteiger charge is -2.33. The number of aryl methyl sites for hydroxylation is 1. The molecule has 1 amide bonds. The van der Waals surface area contributed by atoms with Crippen LogP contribution in [0.1, 0.15) is 18.4 Å². The van der Waals surface area contributed by atoms with Crippen molar-refractivity contribution in [2.45, 2.75) is 31.0 Å². The van der Waals surface area contributed by atoms with Crippen LogP contribution >= 0.6 is 0 Å². The van der Waals surface area contributed by atoms with Crippen LogP contribution in [-0.4, -0.2) is 61.7 Å². The Morgan fingerprint density at radius 2 is 1.85 bits per heavy atom. The second kappa shape index (κ2) is 8.15. The van der Waals surface area contributed by atoms with Gasteiger partial charge in [0.2, 0.25) is 5.91 Å². The molecule has 1 fully saturated rings. The van der Waals surface area contributed by atoms with Crippen molar-refractivity contribution in [1.29, 1.82) is 0 Å². The molecular weight excluding hydrogens is 509 g/mol. The zero-order valence-corrected chi connectivity index (χ0v) is 21.3. The third-order valence-corrected chi connectivity index (χ3v) is 8.11. The van der Waals surface area contributed by atoms with Crippen LogP contribution in [0.15, 0.2) is 43.0 Å². The summed E-state index contributed by atoms with van der Waals surface area (Å²) in [6.07, 6.45) is 3.21. The molecule has 0 atom stereocenters. The van der Waals surface area contributed by atoms with Crippen molar-refractivity contribution < 1.29 is 18.0 Å². The van der Waals surface area contributed by atoms with E-state index in [0.29, 0.717) is 42.8 Å². The average Bonchev–Trinajstić information content (AvgIpc) is 3.66. The van der Waals surface area contributed by atoms with Gasteiger partial charge in [-0.3, -0.25) is 14.2 Å². The first-order valence-corrected chi connectivity index (χ1v) is 12.7. The maximum absolute atomic E-state index is 13.8. The number of likely N-dealkylation sites (N-methyl/N-ethyl adjacent to an activating group) is 1. The monoisotopic (exact) mass is 534 g/mol. The van der Waals surface area contributed by atoms with Crippen LogP contribution < -0.4 is 10.2 Å². The summed E-state index contributed by atoms with van der Waals surface area (Å²) in [5.74, 6) is 0.0442. The molecule has 7 rings (SSSR count). The number of nitrogens with one attached hydrogen (secondary N) is 2. The summed E-state index contributed by atoms with van der Waals surface area (Å²) in [5, 5.41) is 13.5. The number of H-pyrrole nitrogens is 1. The highest BCUT2D eigenvalue weighted by molar-refractivity contribution is 6.16. The van der Waals surface area contributed by atoms with Gasteiger partial charge in [0, 0.05) is 47.8 Å². The minimum atomic E-state index is -4.40. The van der Waals surface area contributed by atoms with E-state index in [1.807, 2.05) is 25.2 Å². The molecule has 39 heavy (non-hydrogen) atoms. The number of carbonyl (C=O) groups excluding carboxylic acids is 1. The van der Waals surface area contributed by atoms with Gasteiger partial charge in [-0.15, -0.1) is 0 Å². The van der Waals surface area contributed by atoms with E-state index >= 15 is 0 Å². The lowest BCUT2D eigenvalue weighted by molar-refractivity contribution is -0.142. The van der Waals surface area contributed by atoms with E-state index in [2.05, 4.69) is 20.5 Å². The summed E-state index contributed by atoms with van der Waals surface area (Å²) in [6, 6.07) is 5.97. The zero-order valence-electron chi connectivity index (χ0n) is 21.3. The highest BCUT2D eigenvalue weighted by Gasteiger charge is 2.52. The van der Waals surface area contributed by atoms with Crippen LogP contribution in [0.25, 0.3) is 44.3 Å². The molecule has 1 spiro atoms. The molecule has 0 radical (unpaired) electrons. The summed E-state index contributed by atoms with van der Waals surface area (Å²) in [6.45, 7) is 0.232. The second-order valence-electron chi connectivity index (χ2n) is 10.4. The first kappa shape index (κ1) is 23.9. The van der Waals surface area contributed by atoms with Gasteiger partial charge in [-0.2, -0.15) is 23.4 Å². The Morgan fingerprint density at radius 3 is 2.62 bits per heavy atom. The fourth-order valence-electron chi connectivity index (χ4n) is 6.33. The molecule has 0 unspecified atom stereocenters. The van der Waals surface area contributed by atoms with Crippen molar-refractivity contribution in [1.82, 2.24) is 34.8 Å². The fraction of sp³-hybridized carbons (Fsp3) is 0.333. The fourth-order valence-corrected chi connectivity index (χ4v) is 6.33. The molecule has 200 valence electrons. The molecule has 4 aromatic heterocycles. The SMILES string of the molecule is CN1C(=O)C2(CCNCC2)c2c1cnc1[nH]c(-c3cnn(CC(F)(F)F)c3)c(-c3ccc4c(cnn4C)c3)c21. The Kier molecular flexibility index (Phi) is 5.00. The number of piperidine rings is 1. The van der Waals surface area contributed by atoms with Crippen molar-refractivity contribution in [3.05, 3.63) is 48.5 Å². The topological polar surface area (TPSA) is 96.7 Å². The molecule has 12 heteroatoms. The van der Waals surface area contributed by atoms with E-state index in [-0.39, 0.29) is 5.91 Å². The summed E-state index contributed by atoms with van der Waals surface area (Å²) in [5.41, 5.74) is 5.25. The van der Waals surface area contributed by atoms with Crippen molar-refractivity contribution in [2.24, 2.45) is 7.05 Å². The van der Waals surface area contributed by atoms with Crippen molar-refractivity contribution in [3.8, 4) is 22.4 Å². The zero-order chi connectivity index (χ0) is 27.1. The highest BCUT2D eigenvalue weighted by Crippen LogP contribution is 2.52. The first-order valence-electron chi connectivity index (χ1n) is 12.7. The molecule has 1 saturated heterocycles. The predicted molar refractivity (Wildman–Crippen MR) is 140 cm³/mol. The predicted octanol–water partition coefficient (Wildman–Crippen LogP) is 4.14. The Balaban J connectivity index is 1.54. The number of benzene rings is 1. The molecule has 2 aliphatic heterocycles. The Hall–Kier alpha value is -4.19. The molecule has 9 nitrogen and oxygen atoms in total. The summed E-state index contributed by atoms with van der Waals surface area (Å²) >= 11 is 0. The van der Waals surface area contributed by atoms with E-state index in [1.165, 1.54) is 12.4 Å². The van der Waals surface area contributed by atoms with Crippen LogP contribution in [0.5, 0.6) is 0 Å². The van der Waals surface area contributed by atoms with Crippen molar-refractivity contribution >= 4 is 33.5 Å². The first-order chi connectivity index (χ1) is 18.7. The standard InChI is InChI=1S/C27H25F3N8O/c1-36-19-12-32-24-21(22(19)26(25(36)39)5-7-31-8-6-26)20(15-3-4-18-16(9-15)10-33-37(18)2)23(35-24)17-11-34-38(13-17)14-27(28,29)30/h3-4,9-13,31H,5-8,14H2,1-2H3,(H,32,35). The number of nitrogens with zero attached hydrogens (tertiary/aromatic N) is 6. The normalized spacial score (nSPS) is 17.2. The van der Waals surface area contributed by atoms with E-state index < -0.39 is 18.1 Å². The molecule has 0 aliphatic carbocycles. The molecule has 2 N–H and O–H groups in total. The van der Waals surface area contributed by atoms with Crippen LogP contribution in [0, 0.1) is 0 Å². The molecular formula is C27H25F3N8O. The largest absolute Gasteiger partial charge is 0.408 e. The number of hydrogen-bond donors (Lipinski definition) is 2. The van der Waals surface area contributed by atoms with Gasteiger partial charge in [-0.05, 0) is 43.6 Å². The maximum Gasteiger partial charge on any atom is 0.408 e. The van der Waals surface area contributed by atoms with E-state index in [1.54, 1.807) is 29.0 Å². The van der Waals surface area contributed by atoms with Gasteiger partial charge < -0.3 is 15.2 Å². The van der Waals surface area contributed by atoms with Crippen LogP contribution in [0.4, 0.5) is 18.9 Å². The van der Waals surface area contributed by atoms with E-state index in [9.17, 15) is 18.0 Å². The number of aromatic nitrogens is 6. The van der Waals surface area contributed by atoms with Gasteiger partial charge in [0.1, 0.15) is 12.2 Å². The quantitative estimate of drug-likeness (QED) is 0.363. The number of pyridine rings is 1. The lowest BCUT2D eigenvalue weighted by Crippen LogP contribution is -2.46. The lowest BCUT2D eigenvalue weighted by atomic mass is 9.72. The molecule has 5 aromatic rings. The van der Waals surface area contributed by atoms with Crippen LogP contribution in [-0.2, 0) is 23.8 Å². The Labute approximate surface area is 220 Å². The van der Waals surface area contributed by atoms with E-state index in [4.69, 9.17) is 4.98 Å². The maximum atomic E-state index is 13.8. The number of alkyl halides is 3. The second-order valence-corrected chi connectivity index (χ2v) is 10.4. The number of rotatable bonds is 3. The van der Waals surface area contributed by atoms with Gasteiger partial charge in [0.05, 0.1) is 40.9 Å². The van der Waals surface area contributed by atoms with Gasteiger partial charge in [-0.25, -0.2) is 4.98 Å². The number of halogens is 3. The van der Waals surface area contributed by atoms with Gasteiger partial charge >= 0.3 is 6.18 Å². The van der Waals surface area contributed by atoms with Gasteiger partial charge in [0.25, 0.3) is 0 Å². The summed E-state index contributed by atoms with van der Waals surface area (Å²) in [4.78, 5) is 23.5. The summed E-state index contributed by atoms with van der Waals surface area (Å²) in [7, 11) is 3.65. The third kappa shape index (κ3) is 3.50. The highest BCUT2D eigenvalue weighted by atomic mass is 19.4. The van der Waals surface area contributed by atoms with Crippen molar-refractivity contribution in [2.75, 3.05) is 25.0 Å². The van der Waals surface area contributed by atoms with Crippen molar-refractivity contribution in [3.63, 3.8) is 0 Å². The molecule has 0 saturated carbocycles. The minimum Gasteiger partial charge on any atom is -0.339 e. The number of aromatic amines is 1. The third-order valence-electron chi connectivity index (χ3n) is 8.11. The number of hydrogen-bond acceptors (Lipinski definition) is 5. The number of amides is 1. The van der Waals surface area contributed by atoms with E-state index in [0.717, 1.165) is 43.3 Å². The molecule has 1 aromatic carbocycles. The molecule has 6 heterocycles.